The Morgan fingerprint density at radius 3 is 2.50 bits per heavy atom. The zero-order chi connectivity index (χ0) is 17.4. The number of halogens is 1. The third-order valence-corrected chi connectivity index (χ3v) is 3.55. The Hall–Kier alpha value is -2.56. The number of amides is 2. The maximum absolute atomic E-state index is 12.8. The first-order valence-corrected chi connectivity index (χ1v) is 8.04. The minimum atomic E-state index is -0.290. The molecule has 4 nitrogen and oxygen atoms in total. The molecule has 0 aliphatic rings. The third-order valence-electron chi connectivity index (χ3n) is 3.55. The predicted molar refractivity (Wildman–Crippen MR) is 92.7 cm³/mol. The van der Waals surface area contributed by atoms with Gasteiger partial charge in [-0.2, -0.15) is 0 Å². The highest BCUT2D eigenvalue weighted by molar-refractivity contribution is 5.73. The lowest BCUT2D eigenvalue weighted by Crippen LogP contribution is -2.37. The first kappa shape index (κ1) is 17.8. The van der Waals surface area contributed by atoms with Gasteiger partial charge in [-0.1, -0.05) is 44.2 Å². The van der Waals surface area contributed by atoms with Crippen LogP contribution in [0.3, 0.4) is 0 Å². The Kier molecular flexibility index (Phi) is 6.61. The number of nitrogens with one attached hydrogen (secondary N) is 2. The van der Waals surface area contributed by atoms with Crippen LogP contribution in [0.2, 0.25) is 0 Å². The summed E-state index contributed by atoms with van der Waals surface area (Å²) >= 11 is 0. The molecule has 2 amide bonds. The van der Waals surface area contributed by atoms with E-state index in [1.165, 1.54) is 12.1 Å². The molecular weight excluding hydrogens is 307 g/mol. The lowest BCUT2D eigenvalue weighted by molar-refractivity contribution is 0.236. The van der Waals surface area contributed by atoms with E-state index in [0.717, 1.165) is 16.9 Å². The topological polar surface area (TPSA) is 50.4 Å². The molecule has 0 heterocycles. The number of urea groups is 1. The van der Waals surface area contributed by atoms with Crippen LogP contribution >= 0.6 is 0 Å². The van der Waals surface area contributed by atoms with Crippen molar-refractivity contribution in [3.8, 4) is 5.75 Å². The third kappa shape index (κ3) is 5.57. The van der Waals surface area contributed by atoms with Gasteiger partial charge < -0.3 is 15.4 Å². The van der Waals surface area contributed by atoms with Crippen molar-refractivity contribution in [3.05, 3.63) is 65.5 Å². The standard InChI is InChI=1S/C19H23FN2O2/c1-14(2)17-5-3-4-6-18(17)24-12-11-21-19(23)22-13-15-7-9-16(20)10-8-15/h3-10,14H,11-13H2,1-2H3,(H2,21,22,23). The molecule has 2 aromatic rings. The largest absolute Gasteiger partial charge is 0.491 e. The zero-order valence-corrected chi connectivity index (χ0v) is 14.0. The van der Waals surface area contributed by atoms with E-state index in [9.17, 15) is 9.18 Å². The van der Waals surface area contributed by atoms with Crippen molar-refractivity contribution in [2.24, 2.45) is 0 Å². The number of benzene rings is 2. The number of carbonyl (C=O) groups is 1. The van der Waals surface area contributed by atoms with Gasteiger partial charge in [0.2, 0.25) is 0 Å². The molecule has 0 fully saturated rings. The van der Waals surface area contributed by atoms with E-state index in [1.54, 1.807) is 12.1 Å². The minimum Gasteiger partial charge on any atom is -0.491 e. The summed E-state index contributed by atoms with van der Waals surface area (Å²) in [7, 11) is 0. The fourth-order valence-corrected chi connectivity index (χ4v) is 2.26. The van der Waals surface area contributed by atoms with Crippen molar-refractivity contribution in [3.63, 3.8) is 0 Å². The van der Waals surface area contributed by atoms with Crippen LogP contribution in [0.5, 0.6) is 5.75 Å². The molecular formula is C19H23FN2O2. The molecule has 0 saturated heterocycles. The molecule has 0 radical (unpaired) electrons. The molecule has 0 bridgehead atoms. The van der Waals surface area contributed by atoms with Gasteiger partial charge in [0.1, 0.15) is 18.2 Å². The van der Waals surface area contributed by atoms with Crippen molar-refractivity contribution in [2.45, 2.75) is 26.3 Å². The Labute approximate surface area is 142 Å². The molecule has 0 aromatic heterocycles. The summed E-state index contributed by atoms with van der Waals surface area (Å²) < 4.78 is 18.5. The van der Waals surface area contributed by atoms with Crippen LogP contribution in [0.25, 0.3) is 0 Å². The molecule has 2 N–H and O–H groups in total. The molecule has 2 aromatic carbocycles. The summed E-state index contributed by atoms with van der Waals surface area (Å²) in [6, 6.07) is 13.6. The highest BCUT2D eigenvalue weighted by atomic mass is 19.1. The number of para-hydroxylation sites is 1. The van der Waals surface area contributed by atoms with Crippen molar-refractivity contribution in [1.82, 2.24) is 10.6 Å². The molecule has 5 heteroatoms. The first-order valence-electron chi connectivity index (χ1n) is 8.04. The molecule has 0 atom stereocenters. The average molecular weight is 330 g/mol. The van der Waals surface area contributed by atoms with Gasteiger partial charge in [0, 0.05) is 6.54 Å². The van der Waals surface area contributed by atoms with Crippen LogP contribution in [0.15, 0.2) is 48.5 Å². The van der Waals surface area contributed by atoms with Crippen molar-refractivity contribution < 1.29 is 13.9 Å². The van der Waals surface area contributed by atoms with Crippen molar-refractivity contribution in [1.29, 1.82) is 0 Å². The van der Waals surface area contributed by atoms with Crippen LogP contribution in [-0.2, 0) is 6.54 Å². The minimum absolute atomic E-state index is 0.278. The molecule has 2 rings (SSSR count). The normalized spacial score (nSPS) is 10.5. The van der Waals surface area contributed by atoms with Crippen molar-refractivity contribution >= 4 is 6.03 Å². The van der Waals surface area contributed by atoms with Crippen molar-refractivity contribution in [2.75, 3.05) is 13.2 Å². The van der Waals surface area contributed by atoms with E-state index in [-0.39, 0.29) is 11.8 Å². The van der Waals surface area contributed by atoms with E-state index in [2.05, 4.69) is 24.5 Å². The van der Waals surface area contributed by atoms with Gasteiger partial charge in [-0.05, 0) is 35.2 Å². The van der Waals surface area contributed by atoms with Gasteiger partial charge >= 0.3 is 6.03 Å². The molecule has 0 saturated carbocycles. The summed E-state index contributed by atoms with van der Waals surface area (Å²) in [5, 5.41) is 5.45. The maximum Gasteiger partial charge on any atom is 0.315 e. The maximum atomic E-state index is 12.8. The van der Waals surface area contributed by atoms with Gasteiger partial charge in [0.15, 0.2) is 0 Å². The smallest absolute Gasteiger partial charge is 0.315 e. The highest BCUT2D eigenvalue weighted by Gasteiger charge is 2.07. The predicted octanol–water partition coefficient (Wildman–Crippen LogP) is 3.83. The van der Waals surface area contributed by atoms with Crippen LogP contribution in [-0.4, -0.2) is 19.2 Å². The van der Waals surface area contributed by atoms with Crippen LogP contribution in [0.4, 0.5) is 9.18 Å². The second-order valence-electron chi connectivity index (χ2n) is 5.78. The molecule has 128 valence electrons. The summed E-state index contributed by atoms with van der Waals surface area (Å²) in [6.45, 7) is 5.38. The van der Waals surface area contributed by atoms with Gasteiger partial charge in [0.05, 0.1) is 6.54 Å². The Balaban J connectivity index is 1.69. The van der Waals surface area contributed by atoms with Crippen LogP contribution < -0.4 is 15.4 Å². The fraction of sp³-hybridized carbons (Fsp3) is 0.316. The number of ether oxygens (including phenoxy) is 1. The lowest BCUT2D eigenvalue weighted by Gasteiger charge is -2.14. The van der Waals surface area contributed by atoms with Gasteiger partial charge in [0.25, 0.3) is 0 Å². The number of carbonyl (C=O) groups excluding carboxylic acids is 1. The van der Waals surface area contributed by atoms with Gasteiger partial charge in [-0.3, -0.25) is 0 Å². The summed E-state index contributed by atoms with van der Waals surface area (Å²) in [5.41, 5.74) is 1.99. The Morgan fingerprint density at radius 2 is 1.79 bits per heavy atom. The van der Waals surface area contributed by atoms with Crippen LogP contribution in [0, 0.1) is 5.82 Å². The van der Waals surface area contributed by atoms with E-state index in [0.29, 0.717) is 25.6 Å². The lowest BCUT2D eigenvalue weighted by atomic mass is 10.0. The number of hydrogen-bond donors (Lipinski definition) is 2. The summed E-state index contributed by atoms with van der Waals surface area (Å²) in [6.07, 6.45) is 0. The fourth-order valence-electron chi connectivity index (χ4n) is 2.26. The van der Waals surface area contributed by atoms with Gasteiger partial charge in [-0.15, -0.1) is 0 Å². The van der Waals surface area contributed by atoms with E-state index >= 15 is 0 Å². The summed E-state index contributed by atoms with van der Waals surface area (Å²) in [4.78, 5) is 11.7. The Morgan fingerprint density at radius 1 is 1.08 bits per heavy atom. The van der Waals surface area contributed by atoms with E-state index in [1.807, 2.05) is 24.3 Å². The first-order chi connectivity index (χ1) is 11.6. The molecule has 0 aliphatic carbocycles. The van der Waals surface area contributed by atoms with E-state index in [4.69, 9.17) is 4.74 Å². The monoisotopic (exact) mass is 330 g/mol. The van der Waals surface area contributed by atoms with Crippen LogP contribution in [0.1, 0.15) is 30.9 Å². The zero-order valence-electron chi connectivity index (χ0n) is 14.0. The highest BCUT2D eigenvalue weighted by Crippen LogP contribution is 2.25. The molecule has 24 heavy (non-hydrogen) atoms. The second-order valence-corrected chi connectivity index (χ2v) is 5.78. The summed E-state index contributed by atoms with van der Waals surface area (Å²) in [5.74, 6) is 0.941. The SMILES string of the molecule is CC(C)c1ccccc1OCCNC(=O)NCc1ccc(F)cc1. The average Bonchev–Trinajstić information content (AvgIpc) is 2.58. The molecule has 0 spiro atoms. The quantitative estimate of drug-likeness (QED) is 0.758. The molecule has 0 unspecified atom stereocenters. The van der Waals surface area contributed by atoms with Gasteiger partial charge in [-0.25, -0.2) is 9.18 Å². The van der Waals surface area contributed by atoms with E-state index < -0.39 is 0 Å². The second kappa shape index (κ2) is 8.91. The Bertz CT molecular complexity index is 657. The molecule has 0 aliphatic heterocycles. The number of rotatable bonds is 7. The number of hydrogen-bond acceptors (Lipinski definition) is 2.